The number of piperazine rings is 1. The molecule has 0 radical (unpaired) electrons. The van der Waals surface area contributed by atoms with Gasteiger partial charge >= 0.3 is 0 Å². The number of rotatable bonds is 2. The second kappa shape index (κ2) is 4.66. The molecule has 5 heteroatoms. The van der Waals surface area contributed by atoms with E-state index in [9.17, 15) is 4.79 Å². The molecular weight excluding hydrogens is 240 g/mol. The van der Waals surface area contributed by atoms with Crippen LogP contribution in [0.15, 0.2) is 12.1 Å². The summed E-state index contributed by atoms with van der Waals surface area (Å²) in [6.07, 6.45) is 0.596. The van der Waals surface area contributed by atoms with E-state index >= 15 is 0 Å². The van der Waals surface area contributed by atoms with E-state index in [1.54, 1.807) is 0 Å². The maximum Gasteiger partial charge on any atom is 0.237 e. The van der Waals surface area contributed by atoms with Gasteiger partial charge in [-0.05, 0) is 37.1 Å². The zero-order valence-corrected chi connectivity index (χ0v) is 11.2. The smallest absolute Gasteiger partial charge is 0.237 e. The number of carbonyl (C=O) groups excluding carboxylic acids is 1. The number of imidazole rings is 1. The Hall–Kier alpha value is -1.88. The average Bonchev–Trinajstić information content (AvgIpc) is 2.74. The molecule has 1 aromatic carbocycles. The van der Waals surface area contributed by atoms with Gasteiger partial charge < -0.3 is 15.6 Å². The van der Waals surface area contributed by atoms with Crippen molar-refractivity contribution in [2.45, 2.75) is 26.3 Å². The number of H-pyrrole nitrogens is 1. The number of aryl methyl sites for hydroxylation is 2. The number of benzene rings is 1. The zero-order chi connectivity index (χ0) is 13.4. The maximum absolute atomic E-state index is 11.7. The molecule has 3 N–H and O–H groups in total. The lowest BCUT2D eigenvalue weighted by Gasteiger charge is -2.22. The van der Waals surface area contributed by atoms with Gasteiger partial charge in [-0.15, -0.1) is 0 Å². The first kappa shape index (κ1) is 12.2. The van der Waals surface area contributed by atoms with Gasteiger partial charge in [0.1, 0.15) is 5.82 Å². The van der Waals surface area contributed by atoms with Crippen molar-refractivity contribution < 1.29 is 4.79 Å². The van der Waals surface area contributed by atoms with Crippen molar-refractivity contribution in [3.8, 4) is 0 Å². The van der Waals surface area contributed by atoms with Gasteiger partial charge in [-0.3, -0.25) is 4.79 Å². The largest absolute Gasteiger partial charge is 0.353 e. The fourth-order valence-corrected chi connectivity index (χ4v) is 2.43. The van der Waals surface area contributed by atoms with Gasteiger partial charge in [0.2, 0.25) is 5.91 Å². The molecule has 1 aliphatic rings. The molecule has 19 heavy (non-hydrogen) atoms. The summed E-state index contributed by atoms with van der Waals surface area (Å²) in [4.78, 5) is 19.6. The molecule has 5 nitrogen and oxygen atoms in total. The number of hydrogen-bond donors (Lipinski definition) is 3. The van der Waals surface area contributed by atoms with Crippen LogP contribution < -0.4 is 10.6 Å². The fourth-order valence-electron chi connectivity index (χ4n) is 2.43. The normalized spacial score (nSPS) is 19.7. The monoisotopic (exact) mass is 258 g/mol. The van der Waals surface area contributed by atoms with Crippen LogP contribution >= 0.6 is 0 Å². The third-order valence-electron chi connectivity index (χ3n) is 3.68. The first-order valence-electron chi connectivity index (χ1n) is 6.60. The summed E-state index contributed by atoms with van der Waals surface area (Å²) in [7, 11) is 0. The standard InChI is InChI=1S/C14H18N4O/c1-8-5-10-11(6-9(8)2)18-13(17-10)7-12-14(19)16-4-3-15-12/h5-6,12,15H,3-4,7H2,1-2H3,(H,16,19)(H,17,18). The SMILES string of the molecule is Cc1cc2nc(CC3NCCNC3=O)[nH]c2cc1C. The molecule has 100 valence electrons. The van der Waals surface area contributed by atoms with E-state index in [-0.39, 0.29) is 11.9 Å². The summed E-state index contributed by atoms with van der Waals surface area (Å²) >= 11 is 0. The predicted octanol–water partition coefficient (Wildman–Crippen LogP) is 0.810. The average molecular weight is 258 g/mol. The van der Waals surface area contributed by atoms with Crippen molar-refractivity contribution in [1.29, 1.82) is 0 Å². The van der Waals surface area contributed by atoms with E-state index in [2.05, 4.69) is 46.6 Å². The van der Waals surface area contributed by atoms with Crippen LogP contribution in [0.3, 0.4) is 0 Å². The second-order valence-corrected chi connectivity index (χ2v) is 5.14. The first-order chi connectivity index (χ1) is 9.13. The Morgan fingerprint density at radius 3 is 2.84 bits per heavy atom. The van der Waals surface area contributed by atoms with E-state index in [4.69, 9.17) is 0 Å². The maximum atomic E-state index is 11.7. The number of nitrogens with zero attached hydrogens (tertiary/aromatic N) is 1. The number of nitrogens with one attached hydrogen (secondary N) is 3. The Kier molecular flexibility index (Phi) is 2.98. The molecule has 0 aliphatic carbocycles. The molecule has 1 aliphatic heterocycles. The van der Waals surface area contributed by atoms with Gasteiger partial charge in [0.15, 0.2) is 0 Å². The molecule has 0 saturated carbocycles. The number of amides is 1. The number of aromatic nitrogens is 2. The van der Waals surface area contributed by atoms with Crippen molar-refractivity contribution in [3.63, 3.8) is 0 Å². The molecular formula is C14H18N4O. The highest BCUT2D eigenvalue weighted by Crippen LogP contribution is 2.18. The first-order valence-corrected chi connectivity index (χ1v) is 6.60. The Morgan fingerprint density at radius 1 is 1.26 bits per heavy atom. The predicted molar refractivity (Wildman–Crippen MR) is 74.1 cm³/mol. The fraction of sp³-hybridized carbons (Fsp3) is 0.429. The Morgan fingerprint density at radius 2 is 2.05 bits per heavy atom. The lowest BCUT2D eigenvalue weighted by molar-refractivity contribution is -0.124. The zero-order valence-electron chi connectivity index (χ0n) is 11.2. The highest BCUT2D eigenvalue weighted by atomic mass is 16.2. The van der Waals surface area contributed by atoms with Gasteiger partial charge in [0.25, 0.3) is 0 Å². The summed E-state index contributed by atoms with van der Waals surface area (Å²) < 4.78 is 0. The number of aromatic amines is 1. The molecule has 1 amide bonds. The minimum atomic E-state index is -0.184. The molecule has 2 aromatic rings. The molecule has 0 bridgehead atoms. The number of hydrogen-bond acceptors (Lipinski definition) is 3. The molecule has 2 heterocycles. The highest BCUT2D eigenvalue weighted by molar-refractivity contribution is 5.83. The summed E-state index contributed by atoms with van der Waals surface area (Å²) in [5, 5.41) is 6.07. The molecule has 1 saturated heterocycles. The van der Waals surface area contributed by atoms with E-state index in [1.165, 1.54) is 11.1 Å². The van der Waals surface area contributed by atoms with Crippen molar-refractivity contribution in [3.05, 3.63) is 29.1 Å². The Bertz CT molecular complexity index is 593. The van der Waals surface area contributed by atoms with Crippen LogP contribution in [-0.2, 0) is 11.2 Å². The van der Waals surface area contributed by atoms with Gasteiger partial charge in [-0.1, -0.05) is 0 Å². The van der Waals surface area contributed by atoms with E-state index < -0.39 is 0 Å². The van der Waals surface area contributed by atoms with Gasteiger partial charge in [-0.25, -0.2) is 4.98 Å². The molecule has 3 rings (SSSR count). The quantitative estimate of drug-likeness (QED) is 0.746. The second-order valence-electron chi connectivity index (χ2n) is 5.14. The Labute approximate surface area is 111 Å². The van der Waals surface area contributed by atoms with E-state index in [0.717, 1.165) is 23.4 Å². The van der Waals surface area contributed by atoms with Crippen molar-refractivity contribution >= 4 is 16.9 Å². The summed E-state index contributed by atoms with van der Waals surface area (Å²) in [5.74, 6) is 0.911. The lowest BCUT2D eigenvalue weighted by atomic mass is 10.1. The van der Waals surface area contributed by atoms with E-state index in [1.807, 2.05) is 0 Å². The third kappa shape index (κ3) is 2.33. The topological polar surface area (TPSA) is 69.8 Å². The van der Waals surface area contributed by atoms with Gasteiger partial charge in [0.05, 0.1) is 17.1 Å². The van der Waals surface area contributed by atoms with Crippen LogP contribution in [0.25, 0.3) is 11.0 Å². The van der Waals surface area contributed by atoms with Crippen LogP contribution in [0, 0.1) is 13.8 Å². The van der Waals surface area contributed by atoms with Crippen molar-refractivity contribution in [1.82, 2.24) is 20.6 Å². The molecule has 1 unspecified atom stereocenters. The highest BCUT2D eigenvalue weighted by Gasteiger charge is 2.22. The third-order valence-corrected chi connectivity index (χ3v) is 3.68. The summed E-state index contributed by atoms with van der Waals surface area (Å²) in [6.45, 7) is 5.69. The molecule has 1 atom stereocenters. The summed E-state index contributed by atoms with van der Waals surface area (Å²) in [5.41, 5.74) is 4.49. The van der Waals surface area contributed by atoms with Gasteiger partial charge in [0, 0.05) is 19.5 Å². The summed E-state index contributed by atoms with van der Waals surface area (Å²) in [6, 6.07) is 4.01. The van der Waals surface area contributed by atoms with Crippen molar-refractivity contribution in [2.24, 2.45) is 0 Å². The van der Waals surface area contributed by atoms with Crippen molar-refractivity contribution in [2.75, 3.05) is 13.1 Å². The van der Waals surface area contributed by atoms with Crippen LogP contribution in [-0.4, -0.2) is 35.0 Å². The minimum absolute atomic E-state index is 0.0547. The van der Waals surface area contributed by atoms with Crippen LogP contribution in [0.5, 0.6) is 0 Å². The molecule has 1 aromatic heterocycles. The van der Waals surface area contributed by atoms with Gasteiger partial charge in [-0.2, -0.15) is 0 Å². The van der Waals surface area contributed by atoms with Crippen LogP contribution in [0.2, 0.25) is 0 Å². The van der Waals surface area contributed by atoms with Crippen LogP contribution in [0.4, 0.5) is 0 Å². The van der Waals surface area contributed by atoms with E-state index in [0.29, 0.717) is 13.0 Å². The Balaban J connectivity index is 1.87. The van der Waals surface area contributed by atoms with Crippen LogP contribution in [0.1, 0.15) is 17.0 Å². The molecule has 1 fully saturated rings. The number of fused-ring (bicyclic) bond motifs is 1. The molecule has 0 spiro atoms. The lowest BCUT2D eigenvalue weighted by Crippen LogP contribution is -2.53. The number of carbonyl (C=O) groups is 1. The minimum Gasteiger partial charge on any atom is -0.353 e.